The highest BCUT2D eigenvalue weighted by Gasteiger charge is 2.27. The summed E-state index contributed by atoms with van der Waals surface area (Å²) in [5.41, 5.74) is 0.620. The van der Waals surface area contributed by atoms with E-state index in [0.29, 0.717) is 18.8 Å². The standard InChI is InChI=1S/C12H16FN3O2/c1-8-11(14-4-5-18-8)12(17)16-7-10-3-2-9(13)6-15-10/h2-3,6,8,11,14H,4-5,7H2,1H3,(H,16,17)/t8-,11+/m1/s1. The van der Waals surface area contributed by atoms with Crippen LogP contribution >= 0.6 is 0 Å². The van der Waals surface area contributed by atoms with Crippen molar-refractivity contribution in [2.75, 3.05) is 13.2 Å². The van der Waals surface area contributed by atoms with Crippen LogP contribution in [0.5, 0.6) is 0 Å². The number of halogens is 1. The molecule has 1 aliphatic rings. The molecule has 1 aromatic rings. The van der Waals surface area contributed by atoms with E-state index in [2.05, 4.69) is 15.6 Å². The molecule has 2 rings (SSSR count). The van der Waals surface area contributed by atoms with Crippen molar-refractivity contribution >= 4 is 5.91 Å². The quantitative estimate of drug-likeness (QED) is 0.808. The summed E-state index contributed by atoms with van der Waals surface area (Å²) in [5, 5.41) is 5.85. The fraction of sp³-hybridized carbons (Fsp3) is 0.500. The van der Waals surface area contributed by atoms with Crippen molar-refractivity contribution in [3.8, 4) is 0 Å². The molecule has 1 aromatic heterocycles. The topological polar surface area (TPSA) is 63.2 Å². The highest BCUT2D eigenvalue weighted by atomic mass is 19.1. The Morgan fingerprint density at radius 1 is 1.67 bits per heavy atom. The molecule has 1 fully saturated rings. The van der Waals surface area contributed by atoms with Gasteiger partial charge in [0.05, 0.1) is 31.1 Å². The molecule has 18 heavy (non-hydrogen) atoms. The van der Waals surface area contributed by atoms with Crippen molar-refractivity contribution in [3.05, 3.63) is 29.8 Å². The van der Waals surface area contributed by atoms with Gasteiger partial charge in [0.2, 0.25) is 5.91 Å². The lowest BCUT2D eigenvalue weighted by Gasteiger charge is -2.29. The number of nitrogens with one attached hydrogen (secondary N) is 2. The molecule has 0 unspecified atom stereocenters. The van der Waals surface area contributed by atoms with E-state index in [9.17, 15) is 9.18 Å². The second-order valence-corrected chi connectivity index (χ2v) is 4.19. The third-order valence-electron chi connectivity index (χ3n) is 2.83. The first-order valence-corrected chi connectivity index (χ1v) is 5.90. The van der Waals surface area contributed by atoms with E-state index in [1.54, 1.807) is 6.07 Å². The van der Waals surface area contributed by atoms with Crippen molar-refractivity contribution < 1.29 is 13.9 Å². The second-order valence-electron chi connectivity index (χ2n) is 4.19. The Labute approximate surface area is 105 Å². The summed E-state index contributed by atoms with van der Waals surface area (Å²) in [6.07, 6.45) is 0.978. The average molecular weight is 253 g/mol. The molecule has 0 spiro atoms. The molecule has 6 heteroatoms. The minimum Gasteiger partial charge on any atom is -0.375 e. The van der Waals surface area contributed by atoms with Gasteiger partial charge in [-0.25, -0.2) is 4.39 Å². The van der Waals surface area contributed by atoms with E-state index in [4.69, 9.17) is 4.74 Å². The number of rotatable bonds is 3. The maximum Gasteiger partial charge on any atom is 0.240 e. The van der Waals surface area contributed by atoms with Crippen LogP contribution in [-0.4, -0.2) is 36.2 Å². The fourth-order valence-electron chi connectivity index (χ4n) is 1.83. The summed E-state index contributed by atoms with van der Waals surface area (Å²) in [4.78, 5) is 15.8. The lowest BCUT2D eigenvalue weighted by atomic mass is 10.1. The van der Waals surface area contributed by atoms with Crippen molar-refractivity contribution in [3.63, 3.8) is 0 Å². The first-order valence-electron chi connectivity index (χ1n) is 5.90. The summed E-state index contributed by atoms with van der Waals surface area (Å²) in [5.74, 6) is -0.519. The summed E-state index contributed by atoms with van der Waals surface area (Å²) in [6, 6.07) is 2.52. The lowest BCUT2D eigenvalue weighted by Crippen LogP contribution is -2.55. The predicted molar refractivity (Wildman–Crippen MR) is 63.2 cm³/mol. The van der Waals surface area contributed by atoms with Gasteiger partial charge in [-0.05, 0) is 19.1 Å². The Kier molecular flexibility index (Phi) is 4.22. The monoisotopic (exact) mass is 253 g/mol. The van der Waals surface area contributed by atoms with Crippen LogP contribution in [0.2, 0.25) is 0 Å². The van der Waals surface area contributed by atoms with E-state index in [1.807, 2.05) is 6.92 Å². The molecule has 98 valence electrons. The zero-order valence-corrected chi connectivity index (χ0v) is 10.1. The van der Waals surface area contributed by atoms with Crippen LogP contribution in [0.1, 0.15) is 12.6 Å². The van der Waals surface area contributed by atoms with Crippen LogP contribution in [0.4, 0.5) is 4.39 Å². The average Bonchev–Trinajstić information content (AvgIpc) is 2.38. The summed E-state index contributed by atoms with van der Waals surface area (Å²) in [7, 11) is 0. The van der Waals surface area contributed by atoms with Crippen LogP contribution in [0, 0.1) is 5.82 Å². The number of nitrogens with zero attached hydrogens (tertiary/aromatic N) is 1. The number of amides is 1. The second kappa shape index (κ2) is 5.88. The molecule has 1 amide bonds. The molecule has 5 nitrogen and oxygen atoms in total. The summed E-state index contributed by atoms with van der Waals surface area (Å²) < 4.78 is 18.0. The number of carbonyl (C=O) groups is 1. The van der Waals surface area contributed by atoms with Crippen molar-refractivity contribution in [1.82, 2.24) is 15.6 Å². The number of hydrogen-bond acceptors (Lipinski definition) is 4. The van der Waals surface area contributed by atoms with Gasteiger partial charge in [-0.15, -0.1) is 0 Å². The van der Waals surface area contributed by atoms with Gasteiger partial charge in [0.15, 0.2) is 0 Å². The van der Waals surface area contributed by atoms with E-state index >= 15 is 0 Å². The Hall–Kier alpha value is -1.53. The van der Waals surface area contributed by atoms with Gasteiger partial charge in [0, 0.05) is 6.54 Å². The first-order chi connectivity index (χ1) is 8.66. The summed E-state index contributed by atoms with van der Waals surface area (Å²) >= 11 is 0. The van der Waals surface area contributed by atoms with Gasteiger partial charge in [-0.1, -0.05) is 0 Å². The largest absolute Gasteiger partial charge is 0.375 e. The smallest absolute Gasteiger partial charge is 0.240 e. The third-order valence-corrected chi connectivity index (χ3v) is 2.83. The number of carbonyl (C=O) groups excluding carboxylic acids is 1. The number of pyridine rings is 1. The molecule has 0 aliphatic carbocycles. The van der Waals surface area contributed by atoms with Crippen LogP contribution in [0.3, 0.4) is 0 Å². The maximum absolute atomic E-state index is 12.7. The molecule has 2 N–H and O–H groups in total. The lowest BCUT2D eigenvalue weighted by molar-refractivity contribution is -0.129. The van der Waals surface area contributed by atoms with Gasteiger partial charge in [0.1, 0.15) is 11.9 Å². The molecular formula is C12H16FN3O2. The Balaban J connectivity index is 1.85. The van der Waals surface area contributed by atoms with Crippen molar-refractivity contribution in [2.45, 2.75) is 25.6 Å². The van der Waals surface area contributed by atoms with Gasteiger partial charge in [-0.3, -0.25) is 9.78 Å². The maximum atomic E-state index is 12.7. The molecule has 2 atom stereocenters. The normalized spacial score (nSPS) is 23.7. The number of hydrogen-bond donors (Lipinski definition) is 2. The fourth-order valence-corrected chi connectivity index (χ4v) is 1.83. The number of ether oxygens (including phenoxy) is 1. The third kappa shape index (κ3) is 3.24. The molecule has 1 saturated heterocycles. The summed E-state index contributed by atoms with van der Waals surface area (Å²) in [6.45, 7) is 3.41. The minimum atomic E-state index is -0.388. The molecule has 0 bridgehead atoms. The Bertz CT molecular complexity index is 410. The van der Waals surface area contributed by atoms with Gasteiger partial charge < -0.3 is 15.4 Å². The molecule has 0 radical (unpaired) electrons. The molecule has 1 aliphatic heterocycles. The zero-order chi connectivity index (χ0) is 13.0. The van der Waals surface area contributed by atoms with Crippen molar-refractivity contribution in [1.29, 1.82) is 0 Å². The van der Waals surface area contributed by atoms with Gasteiger partial charge in [-0.2, -0.15) is 0 Å². The van der Waals surface area contributed by atoms with E-state index in [-0.39, 0.29) is 30.4 Å². The van der Waals surface area contributed by atoms with Crippen LogP contribution in [0.25, 0.3) is 0 Å². The molecule has 2 heterocycles. The minimum absolute atomic E-state index is 0.131. The highest BCUT2D eigenvalue weighted by molar-refractivity contribution is 5.82. The molecular weight excluding hydrogens is 237 g/mol. The van der Waals surface area contributed by atoms with Crippen molar-refractivity contribution in [2.24, 2.45) is 0 Å². The SMILES string of the molecule is C[C@H]1OCCN[C@@H]1C(=O)NCc1ccc(F)cn1. The van der Waals surface area contributed by atoms with E-state index in [1.165, 1.54) is 6.07 Å². The molecule has 0 saturated carbocycles. The predicted octanol–water partition coefficient (Wildman–Crippen LogP) is 0.214. The van der Waals surface area contributed by atoms with Crippen LogP contribution < -0.4 is 10.6 Å². The van der Waals surface area contributed by atoms with Crippen LogP contribution in [-0.2, 0) is 16.1 Å². The Morgan fingerprint density at radius 2 is 2.50 bits per heavy atom. The first kappa shape index (κ1) is 12.9. The number of morpholine rings is 1. The van der Waals surface area contributed by atoms with Crippen LogP contribution in [0.15, 0.2) is 18.3 Å². The molecule has 0 aromatic carbocycles. The van der Waals surface area contributed by atoms with E-state index in [0.717, 1.165) is 6.20 Å². The van der Waals surface area contributed by atoms with Gasteiger partial charge >= 0.3 is 0 Å². The Morgan fingerprint density at radius 3 is 3.17 bits per heavy atom. The van der Waals surface area contributed by atoms with E-state index < -0.39 is 0 Å². The highest BCUT2D eigenvalue weighted by Crippen LogP contribution is 2.04. The van der Waals surface area contributed by atoms with Gasteiger partial charge in [0.25, 0.3) is 0 Å². The number of aromatic nitrogens is 1. The zero-order valence-electron chi connectivity index (χ0n) is 10.1.